The van der Waals surface area contributed by atoms with Gasteiger partial charge in [0.05, 0.1) is 0 Å². The molecule has 0 aromatic heterocycles. The Kier molecular flexibility index (Phi) is 7.77. The highest BCUT2D eigenvalue weighted by Crippen LogP contribution is 2.14. The van der Waals surface area contributed by atoms with Crippen LogP contribution < -0.4 is 6.15 Å². The van der Waals surface area contributed by atoms with E-state index in [0.717, 1.165) is 0 Å². The second-order valence-corrected chi connectivity index (χ2v) is 2.73. The van der Waals surface area contributed by atoms with Crippen LogP contribution in [0.25, 0.3) is 0 Å². The van der Waals surface area contributed by atoms with E-state index in [1.165, 1.54) is 23.8 Å². The maximum Gasteiger partial charge on any atom is 0.119 e. The molecule has 1 aromatic carbocycles. The molecule has 0 saturated carbocycles. The summed E-state index contributed by atoms with van der Waals surface area (Å²) in [5.41, 5.74) is 1.17. The third-order valence-electron chi connectivity index (χ3n) is 0.830. The lowest BCUT2D eigenvalue weighted by atomic mass is 10.3. The van der Waals surface area contributed by atoms with E-state index in [1.54, 1.807) is 6.07 Å². The van der Waals surface area contributed by atoms with Crippen molar-refractivity contribution in [2.24, 2.45) is 0 Å². The number of rotatable bonds is 0. The van der Waals surface area contributed by atoms with E-state index >= 15 is 0 Å². The first-order valence-electron chi connectivity index (χ1n) is 3.62. The van der Waals surface area contributed by atoms with Gasteiger partial charge in [-0.3, -0.25) is 0 Å². The fourth-order valence-electron chi connectivity index (χ4n) is 0.493. The average Bonchev–Trinajstić information content (AvgIpc) is 1.84. The minimum atomic E-state index is 0. The van der Waals surface area contributed by atoms with Gasteiger partial charge in [0.1, 0.15) is 11.5 Å². The average molecular weight is 180 g/mol. The van der Waals surface area contributed by atoms with Crippen LogP contribution in [0.4, 0.5) is 0 Å². The summed E-state index contributed by atoms with van der Waals surface area (Å²) < 4.78 is 0. The van der Waals surface area contributed by atoms with E-state index in [4.69, 9.17) is 10.2 Å². The van der Waals surface area contributed by atoms with E-state index in [0.29, 0.717) is 0 Å². The van der Waals surface area contributed by atoms with Crippen LogP contribution in [-0.2, 0) is 0 Å². The normalized spacial score (nSPS) is 7.54. The largest absolute Gasteiger partial charge is 0.508 e. The molecule has 0 bridgehead atoms. The number of benzene rings is 1. The standard InChI is InChI=1S/C6H6O2.C4H8.N/c7-5-2-1-3-6(8)4-5;1-4(2)3;/h1-4,7-8H;1H2,2-3H3;. The van der Waals surface area contributed by atoms with Crippen molar-refractivity contribution >= 4 is 0 Å². The van der Waals surface area contributed by atoms with Gasteiger partial charge >= 0.3 is 0 Å². The van der Waals surface area contributed by atoms with Gasteiger partial charge in [-0.1, -0.05) is 11.6 Å². The van der Waals surface area contributed by atoms with Crippen molar-refractivity contribution in [2.75, 3.05) is 0 Å². The predicted octanol–water partition coefficient (Wildman–Crippen LogP) is 2.20. The van der Waals surface area contributed by atoms with Crippen molar-refractivity contribution in [2.45, 2.75) is 13.8 Å². The molecule has 3 radical (unpaired) electrons. The fraction of sp³-hybridized carbons (Fsp3) is 0.200. The summed E-state index contributed by atoms with van der Waals surface area (Å²) in [5.74, 6) is 0.176. The molecule has 0 spiro atoms. The number of nitrogens with zero attached hydrogens (tertiary/aromatic N) is 1. The van der Waals surface area contributed by atoms with E-state index in [-0.39, 0.29) is 17.6 Å². The van der Waals surface area contributed by atoms with Crippen LogP contribution in [0, 0.1) is 0 Å². The lowest BCUT2D eigenvalue weighted by Gasteiger charge is -1.89. The summed E-state index contributed by atoms with van der Waals surface area (Å²) in [4.78, 5) is 0. The van der Waals surface area contributed by atoms with Crippen molar-refractivity contribution in [3.63, 3.8) is 0 Å². The summed E-state index contributed by atoms with van der Waals surface area (Å²) in [6.07, 6.45) is 0. The van der Waals surface area contributed by atoms with Crippen molar-refractivity contribution in [1.29, 1.82) is 0 Å². The molecule has 0 saturated heterocycles. The lowest BCUT2D eigenvalue weighted by Crippen LogP contribution is -1.61. The van der Waals surface area contributed by atoms with Gasteiger partial charge in [0.15, 0.2) is 0 Å². The molecule has 3 nitrogen and oxygen atoms in total. The highest BCUT2D eigenvalue weighted by molar-refractivity contribution is 5.30. The molecule has 1 aromatic rings. The number of hydrogen-bond acceptors (Lipinski definition) is 2. The highest BCUT2D eigenvalue weighted by atomic mass is 16.3. The van der Waals surface area contributed by atoms with Gasteiger partial charge in [0.2, 0.25) is 0 Å². The number of aromatic hydroxyl groups is 2. The van der Waals surface area contributed by atoms with Gasteiger partial charge in [-0.2, -0.15) is 0 Å². The molecular formula is C10H14NO2. The van der Waals surface area contributed by atoms with Gasteiger partial charge in [0, 0.05) is 12.2 Å². The van der Waals surface area contributed by atoms with Crippen LogP contribution in [0.1, 0.15) is 13.8 Å². The van der Waals surface area contributed by atoms with Gasteiger partial charge < -0.3 is 10.2 Å². The molecule has 0 aliphatic heterocycles. The maximum absolute atomic E-state index is 8.65. The monoisotopic (exact) mass is 180 g/mol. The summed E-state index contributed by atoms with van der Waals surface area (Å²) in [7, 11) is 0. The minimum absolute atomic E-state index is 0. The van der Waals surface area contributed by atoms with E-state index < -0.39 is 0 Å². The summed E-state index contributed by atoms with van der Waals surface area (Å²) in [6.45, 7) is 7.50. The fourth-order valence-corrected chi connectivity index (χ4v) is 0.493. The molecule has 0 unspecified atom stereocenters. The summed E-state index contributed by atoms with van der Waals surface area (Å²) in [5, 5.41) is 17.3. The third-order valence-corrected chi connectivity index (χ3v) is 0.830. The predicted molar refractivity (Wildman–Crippen MR) is 52.4 cm³/mol. The molecule has 0 aliphatic carbocycles. The Balaban J connectivity index is 0. The Labute approximate surface area is 78.9 Å². The Morgan fingerprint density at radius 3 is 1.62 bits per heavy atom. The number of phenolic OH excluding ortho intramolecular Hbond substituents is 2. The first-order valence-corrected chi connectivity index (χ1v) is 3.62. The summed E-state index contributed by atoms with van der Waals surface area (Å²) in [6, 6.07) is 5.85. The highest BCUT2D eigenvalue weighted by Gasteiger charge is 1.85. The van der Waals surface area contributed by atoms with Crippen LogP contribution in [0.2, 0.25) is 0 Å². The SMILES string of the molecule is C=C(C)C.Oc1cccc(O)c1.[N]. The van der Waals surface area contributed by atoms with Gasteiger partial charge in [-0.25, -0.2) is 0 Å². The van der Waals surface area contributed by atoms with Crippen molar-refractivity contribution in [1.82, 2.24) is 6.15 Å². The van der Waals surface area contributed by atoms with Crippen LogP contribution in [0.5, 0.6) is 11.5 Å². The summed E-state index contributed by atoms with van der Waals surface area (Å²) >= 11 is 0. The van der Waals surface area contributed by atoms with Crippen LogP contribution in [-0.4, -0.2) is 10.2 Å². The van der Waals surface area contributed by atoms with Crippen LogP contribution in [0.15, 0.2) is 36.4 Å². The second kappa shape index (κ2) is 7.18. The molecular weight excluding hydrogens is 166 g/mol. The molecule has 13 heavy (non-hydrogen) atoms. The van der Waals surface area contributed by atoms with Gasteiger partial charge in [0.25, 0.3) is 0 Å². The molecule has 0 amide bonds. The van der Waals surface area contributed by atoms with Crippen molar-refractivity contribution in [3.05, 3.63) is 36.4 Å². The molecule has 1 rings (SSSR count). The Morgan fingerprint density at radius 1 is 1.15 bits per heavy atom. The molecule has 2 N–H and O–H groups in total. The molecule has 0 fully saturated rings. The van der Waals surface area contributed by atoms with E-state index in [2.05, 4.69) is 6.58 Å². The first kappa shape index (κ1) is 14.1. The van der Waals surface area contributed by atoms with Crippen LogP contribution in [0.3, 0.4) is 0 Å². The Hall–Kier alpha value is -1.48. The second-order valence-electron chi connectivity index (χ2n) is 2.73. The molecule has 0 aliphatic rings. The zero-order valence-electron chi connectivity index (χ0n) is 7.86. The van der Waals surface area contributed by atoms with Crippen LogP contribution >= 0.6 is 0 Å². The van der Waals surface area contributed by atoms with E-state index in [1.807, 2.05) is 13.8 Å². The third kappa shape index (κ3) is 10.5. The first-order chi connectivity index (χ1) is 5.52. The molecule has 0 atom stereocenters. The molecule has 0 heterocycles. The van der Waals surface area contributed by atoms with Gasteiger partial charge in [-0.05, 0) is 26.0 Å². The molecule has 3 heteroatoms. The number of allylic oxidation sites excluding steroid dienone is 1. The zero-order valence-corrected chi connectivity index (χ0v) is 7.86. The van der Waals surface area contributed by atoms with E-state index in [9.17, 15) is 0 Å². The maximum atomic E-state index is 8.65. The number of hydrogen-bond donors (Lipinski definition) is 2. The Bertz CT molecular complexity index is 238. The van der Waals surface area contributed by atoms with Gasteiger partial charge in [-0.15, -0.1) is 6.58 Å². The topological polar surface area (TPSA) is 71.0 Å². The zero-order chi connectivity index (χ0) is 9.56. The molecule has 71 valence electrons. The smallest absolute Gasteiger partial charge is 0.119 e. The Morgan fingerprint density at radius 2 is 1.46 bits per heavy atom. The quantitative estimate of drug-likeness (QED) is 0.601. The van der Waals surface area contributed by atoms with Crippen molar-refractivity contribution < 1.29 is 10.2 Å². The minimum Gasteiger partial charge on any atom is -0.508 e. The number of phenols is 2. The van der Waals surface area contributed by atoms with Crippen molar-refractivity contribution in [3.8, 4) is 11.5 Å². The lowest BCUT2D eigenvalue weighted by molar-refractivity contribution is 0.450.